The van der Waals surface area contributed by atoms with Crippen molar-refractivity contribution < 1.29 is 8.78 Å². The summed E-state index contributed by atoms with van der Waals surface area (Å²) in [6, 6.07) is 3.76. The van der Waals surface area contributed by atoms with Crippen molar-refractivity contribution in [3.05, 3.63) is 35.4 Å². The topological polar surface area (TPSA) is 12.0 Å². The van der Waals surface area contributed by atoms with Gasteiger partial charge in [-0.3, -0.25) is 0 Å². The second kappa shape index (κ2) is 3.02. The molecule has 1 fully saturated rings. The SMILES string of the molecule is CC1(C)CNC1c1ccc(F)cc1F. The average molecular weight is 197 g/mol. The summed E-state index contributed by atoms with van der Waals surface area (Å²) in [6.45, 7) is 5.00. The van der Waals surface area contributed by atoms with Gasteiger partial charge in [-0.25, -0.2) is 8.78 Å². The van der Waals surface area contributed by atoms with Gasteiger partial charge in [0.1, 0.15) is 11.6 Å². The van der Waals surface area contributed by atoms with Crippen LogP contribution in [0.3, 0.4) is 0 Å². The molecule has 2 rings (SSSR count). The zero-order valence-electron chi connectivity index (χ0n) is 8.27. The van der Waals surface area contributed by atoms with E-state index in [-0.39, 0.29) is 11.5 Å². The van der Waals surface area contributed by atoms with Gasteiger partial charge in [0.05, 0.1) is 0 Å². The van der Waals surface area contributed by atoms with Gasteiger partial charge < -0.3 is 5.32 Å². The molecular formula is C11H13F2N. The molecule has 1 aromatic rings. The zero-order chi connectivity index (χ0) is 10.3. The molecule has 1 unspecified atom stereocenters. The van der Waals surface area contributed by atoms with Crippen molar-refractivity contribution >= 4 is 0 Å². The van der Waals surface area contributed by atoms with E-state index in [9.17, 15) is 8.78 Å². The Morgan fingerprint density at radius 2 is 2.07 bits per heavy atom. The van der Waals surface area contributed by atoms with E-state index in [4.69, 9.17) is 0 Å². The lowest BCUT2D eigenvalue weighted by Crippen LogP contribution is -2.52. The lowest BCUT2D eigenvalue weighted by molar-refractivity contribution is 0.125. The third-order valence-corrected chi connectivity index (χ3v) is 2.82. The first-order valence-corrected chi connectivity index (χ1v) is 4.69. The molecule has 14 heavy (non-hydrogen) atoms. The number of hydrogen-bond donors (Lipinski definition) is 1. The summed E-state index contributed by atoms with van der Waals surface area (Å²) in [6.07, 6.45) is 0. The van der Waals surface area contributed by atoms with Gasteiger partial charge in [-0.2, -0.15) is 0 Å². The quantitative estimate of drug-likeness (QED) is 0.729. The molecular weight excluding hydrogens is 184 g/mol. The third kappa shape index (κ3) is 1.42. The fourth-order valence-corrected chi connectivity index (χ4v) is 1.88. The van der Waals surface area contributed by atoms with E-state index in [1.165, 1.54) is 12.1 Å². The first-order chi connectivity index (χ1) is 6.50. The molecule has 1 aliphatic rings. The molecule has 0 amide bonds. The molecule has 1 saturated heterocycles. The number of halogens is 2. The largest absolute Gasteiger partial charge is 0.309 e. The van der Waals surface area contributed by atoms with Crippen molar-refractivity contribution in [2.75, 3.05) is 6.54 Å². The molecule has 0 spiro atoms. The van der Waals surface area contributed by atoms with Crippen molar-refractivity contribution in [1.82, 2.24) is 5.32 Å². The van der Waals surface area contributed by atoms with Crippen molar-refractivity contribution in [3.8, 4) is 0 Å². The first kappa shape index (κ1) is 9.59. The fourth-order valence-electron chi connectivity index (χ4n) is 1.88. The van der Waals surface area contributed by atoms with Crippen LogP contribution < -0.4 is 5.32 Å². The third-order valence-electron chi connectivity index (χ3n) is 2.82. The molecule has 3 heteroatoms. The molecule has 0 aliphatic carbocycles. The molecule has 0 bridgehead atoms. The monoisotopic (exact) mass is 197 g/mol. The van der Waals surface area contributed by atoms with Crippen molar-refractivity contribution in [3.63, 3.8) is 0 Å². The van der Waals surface area contributed by atoms with Crippen LogP contribution in [0.15, 0.2) is 18.2 Å². The van der Waals surface area contributed by atoms with E-state index < -0.39 is 11.6 Å². The van der Waals surface area contributed by atoms with Gasteiger partial charge in [0, 0.05) is 24.2 Å². The number of benzene rings is 1. The minimum absolute atomic E-state index is 0.00287. The predicted octanol–water partition coefficient (Wildman–Crippen LogP) is 2.64. The van der Waals surface area contributed by atoms with Gasteiger partial charge in [0.2, 0.25) is 0 Å². The van der Waals surface area contributed by atoms with E-state index in [0.717, 1.165) is 12.6 Å². The van der Waals surface area contributed by atoms with Crippen LogP contribution in [0.2, 0.25) is 0 Å². The Morgan fingerprint density at radius 3 is 2.50 bits per heavy atom. The second-order valence-electron chi connectivity index (χ2n) is 4.47. The summed E-state index contributed by atoms with van der Waals surface area (Å²) < 4.78 is 26.1. The summed E-state index contributed by atoms with van der Waals surface area (Å²) in [5, 5.41) is 3.15. The maximum absolute atomic E-state index is 13.4. The summed E-state index contributed by atoms with van der Waals surface area (Å²) in [5.74, 6) is -0.987. The van der Waals surface area contributed by atoms with Gasteiger partial charge >= 0.3 is 0 Å². The van der Waals surface area contributed by atoms with Gasteiger partial charge in [0.15, 0.2) is 0 Å². The molecule has 76 valence electrons. The van der Waals surface area contributed by atoms with Crippen LogP contribution in [0.1, 0.15) is 25.5 Å². The Balaban J connectivity index is 2.33. The predicted molar refractivity (Wildman–Crippen MR) is 50.9 cm³/mol. The van der Waals surface area contributed by atoms with Gasteiger partial charge in [-0.15, -0.1) is 0 Å². The highest BCUT2D eigenvalue weighted by atomic mass is 19.1. The number of hydrogen-bond acceptors (Lipinski definition) is 1. The molecule has 1 aromatic carbocycles. The summed E-state index contributed by atoms with van der Waals surface area (Å²) in [5.41, 5.74) is 0.612. The molecule has 1 heterocycles. The van der Waals surface area contributed by atoms with E-state index >= 15 is 0 Å². The fraction of sp³-hybridized carbons (Fsp3) is 0.455. The van der Waals surface area contributed by atoms with Crippen LogP contribution >= 0.6 is 0 Å². The van der Waals surface area contributed by atoms with Crippen molar-refractivity contribution in [1.29, 1.82) is 0 Å². The molecule has 0 aromatic heterocycles. The van der Waals surface area contributed by atoms with Crippen LogP contribution in [-0.2, 0) is 0 Å². The molecule has 1 nitrogen and oxygen atoms in total. The summed E-state index contributed by atoms with van der Waals surface area (Å²) in [4.78, 5) is 0. The maximum Gasteiger partial charge on any atom is 0.130 e. The Morgan fingerprint density at radius 1 is 1.36 bits per heavy atom. The second-order valence-corrected chi connectivity index (χ2v) is 4.47. The molecule has 1 aliphatic heterocycles. The van der Waals surface area contributed by atoms with Crippen molar-refractivity contribution in [2.24, 2.45) is 5.41 Å². The van der Waals surface area contributed by atoms with Gasteiger partial charge in [0.25, 0.3) is 0 Å². The lowest BCUT2D eigenvalue weighted by atomic mass is 9.74. The first-order valence-electron chi connectivity index (χ1n) is 4.69. The van der Waals surface area contributed by atoms with Crippen LogP contribution in [0.4, 0.5) is 8.78 Å². The highest BCUT2D eigenvalue weighted by Crippen LogP contribution is 2.40. The normalized spacial score (nSPS) is 24.4. The minimum atomic E-state index is -0.525. The Bertz CT molecular complexity index is 360. The Hall–Kier alpha value is -0.960. The highest BCUT2D eigenvalue weighted by Gasteiger charge is 2.40. The van der Waals surface area contributed by atoms with Crippen molar-refractivity contribution in [2.45, 2.75) is 19.9 Å². The van der Waals surface area contributed by atoms with Crippen LogP contribution in [0.5, 0.6) is 0 Å². The standard InChI is InChI=1S/C11H13F2N/c1-11(2)6-14-10(11)8-4-3-7(12)5-9(8)13/h3-5,10,14H,6H2,1-2H3. The number of nitrogens with one attached hydrogen (secondary N) is 1. The maximum atomic E-state index is 13.4. The zero-order valence-corrected chi connectivity index (χ0v) is 8.27. The Labute approximate surface area is 82.1 Å². The van der Waals surface area contributed by atoms with Gasteiger partial charge in [-0.1, -0.05) is 19.9 Å². The molecule has 1 atom stereocenters. The van der Waals surface area contributed by atoms with E-state index in [2.05, 4.69) is 19.2 Å². The van der Waals surface area contributed by atoms with E-state index in [1.807, 2.05) is 0 Å². The lowest BCUT2D eigenvalue weighted by Gasteiger charge is -2.46. The molecule has 1 N–H and O–H groups in total. The molecule has 0 radical (unpaired) electrons. The van der Waals surface area contributed by atoms with Crippen LogP contribution in [-0.4, -0.2) is 6.54 Å². The minimum Gasteiger partial charge on any atom is -0.309 e. The van der Waals surface area contributed by atoms with Crippen LogP contribution in [0, 0.1) is 17.0 Å². The molecule has 0 saturated carbocycles. The van der Waals surface area contributed by atoms with Gasteiger partial charge in [-0.05, 0) is 11.5 Å². The smallest absolute Gasteiger partial charge is 0.130 e. The number of rotatable bonds is 1. The average Bonchev–Trinajstić information content (AvgIpc) is 2.08. The Kier molecular flexibility index (Phi) is 2.07. The van der Waals surface area contributed by atoms with E-state index in [0.29, 0.717) is 5.56 Å². The highest BCUT2D eigenvalue weighted by molar-refractivity contribution is 5.26. The van der Waals surface area contributed by atoms with E-state index in [1.54, 1.807) is 0 Å². The summed E-state index contributed by atoms with van der Waals surface area (Å²) in [7, 11) is 0. The van der Waals surface area contributed by atoms with Crippen LogP contribution in [0.25, 0.3) is 0 Å². The summed E-state index contributed by atoms with van der Waals surface area (Å²) >= 11 is 0.